The van der Waals surface area contributed by atoms with Gasteiger partial charge in [0.1, 0.15) is 0 Å². The fourth-order valence-electron chi connectivity index (χ4n) is 2.97. The minimum atomic E-state index is -0.231. The molecule has 0 saturated carbocycles. The molecule has 1 amide bonds. The normalized spacial score (nSPS) is 17.9. The summed E-state index contributed by atoms with van der Waals surface area (Å²) in [4.78, 5) is 27.9. The van der Waals surface area contributed by atoms with Gasteiger partial charge in [-0.15, -0.1) is 11.3 Å². The largest absolute Gasteiger partial charge is 0.377 e. The summed E-state index contributed by atoms with van der Waals surface area (Å²) in [5.41, 5.74) is 1.41. The summed E-state index contributed by atoms with van der Waals surface area (Å²) in [5.74, 6) is -0.00701. The lowest BCUT2D eigenvalue weighted by molar-refractivity contribution is -0.00282. The Morgan fingerprint density at radius 2 is 2.29 bits per heavy atom. The first-order valence-corrected chi connectivity index (χ1v) is 8.96. The summed E-state index contributed by atoms with van der Waals surface area (Å²) in [6, 6.07) is 3.45. The van der Waals surface area contributed by atoms with E-state index in [9.17, 15) is 9.59 Å². The predicted molar refractivity (Wildman–Crippen MR) is 91.5 cm³/mol. The van der Waals surface area contributed by atoms with Crippen LogP contribution in [0.1, 0.15) is 39.1 Å². The SMILES string of the molecule is CCc1nn(C)cc1C(=O)N1CCOCC1CC(=O)c1cccs1. The molecule has 1 fully saturated rings. The van der Waals surface area contributed by atoms with Crippen molar-refractivity contribution in [3.8, 4) is 0 Å². The van der Waals surface area contributed by atoms with Gasteiger partial charge in [-0.25, -0.2) is 0 Å². The van der Waals surface area contributed by atoms with Crippen molar-refractivity contribution in [3.63, 3.8) is 0 Å². The average Bonchev–Trinajstić information content (AvgIpc) is 3.24. The quantitative estimate of drug-likeness (QED) is 0.778. The fraction of sp³-hybridized carbons (Fsp3) is 0.471. The highest BCUT2D eigenvalue weighted by Crippen LogP contribution is 2.20. The zero-order valence-electron chi connectivity index (χ0n) is 13.9. The summed E-state index contributed by atoms with van der Waals surface area (Å²) < 4.78 is 7.18. The first kappa shape index (κ1) is 16.9. The monoisotopic (exact) mass is 347 g/mol. The third kappa shape index (κ3) is 3.42. The lowest BCUT2D eigenvalue weighted by atomic mass is 10.1. The molecule has 6 nitrogen and oxygen atoms in total. The van der Waals surface area contributed by atoms with Gasteiger partial charge in [0.25, 0.3) is 5.91 Å². The number of amides is 1. The number of carbonyl (C=O) groups excluding carboxylic acids is 2. The van der Waals surface area contributed by atoms with Crippen LogP contribution in [0.3, 0.4) is 0 Å². The van der Waals surface area contributed by atoms with E-state index in [1.807, 2.05) is 31.5 Å². The van der Waals surface area contributed by atoms with E-state index < -0.39 is 0 Å². The van der Waals surface area contributed by atoms with Crippen LogP contribution in [-0.4, -0.2) is 52.2 Å². The Labute approximate surface area is 145 Å². The maximum absolute atomic E-state index is 13.0. The number of aryl methyl sites for hydroxylation is 2. The molecule has 3 rings (SSSR count). The van der Waals surface area contributed by atoms with Gasteiger partial charge in [-0.3, -0.25) is 14.3 Å². The van der Waals surface area contributed by atoms with Gasteiger partial charge < -0.3 is 9.64 Å². The smallest absolute Gasteiger partial charge is 0.257 e. The van der Waals surface area contributed by atoms with Gasteiger partial charge in [-0.2, -0.15) is 5.10 Å². The van der Waals surface area contributed by atoms with E-state index in [2.05, 4.69) is 5.10 Å². The molecule has 1 saturated heterocycles. The van der Waals surface area contributed by atoms with Crippen LogP contribution in [0, 0.1) is 0 Å². The molecule has 0 radical (unpaired) electrons. The molecule has 1 aliphatic heterocycles. The van der Waals surface area contributed by atoms with Crippen LogP contribution in [-0.2, 0) is 18.2 Å². The number of hydrogen-bond donors (Lipinski definition) is 0. The Morgan fingerprint density at radius 3 is 3.00 bits per heavy atom. The first-order chi connectivity index (χ1) is 11.6. The van der Waals surface area contributed by atoms with Gasteiger partial charge in [0.15, 0.2) is 5.78 Å². The third-order valence-electron chi connectivity index (χ3n) is 4.18. The molecule has 128 valence electrons. The van der Waals surface area contributed by atoms with E-state index in [-0.39, 0.29) is 24.2 Å². The van der Waals surface area contributed by atoms with E-state index in [1.165, 1.54) is 11.3 Å². The summed E-state index contributed by atoms with van der Waals surface area (Å²) in [6.45, 7) is 3.37. The van der Waals surface area contributed by atoms with Gasteiger partial charge in [0, 0.05) is 26.2 Å². The van der Waals surface area contributed by atoms with E-state index in [0.717, 1.165) is 10.6 Å². The highest BCUT2D eigenvalue weighted by molar-refractivity contribution is 7.12. The molecule has 1 unspecified atom stereocenters. The predicted octanol–water partition coefficient (Wildman–Crippen LogP) is 2.16. The number of ketones is 1. The summed E-state index contributed by atoms with van der Waals surface area (Å²) >= 11 is 1.43. The Balaban J connectivity index is 1.78. The van der Waals surface area contributed by atoms with Crippen molar-refractivity contribution in [1.29, 1.82) is 0 Å². The standard InChI is InChI=1S/C17H21N3O3S/c1-3-14-13(10-19(2)18-14)17(22)20-6-7-23-11-12(20)9-15(21)16-5-4-8-24-16/h4-5,8,10,12H,3,6-7,9,11H2,1-2H3. The number of hydrogen-bond acceptors (Lipinski definition) is 5. The molecule has 24 heavy (non-hydrogen) atoms. The van der Waals surface area contributed by atoms with Crippen molar-refractivity contribution in [2.75, 3.05) is 19.8 Å². The molecule has 1 aliphatic rings. The fourth-order valence-corrected chi connectivity index (χ4v) is 3.65. The summed E-state index contributed by atoms with van der Waals surface area (Å²) in [7, 11) is 1.81. The van der Waals surface area contributed by atoms with Crippen LogP contribution in [0.15, 0.2) is 23.7 Å². The molecule has 0 spiro atoms. The van der Waals surface area contributed by atoms with Crippen molar-refractivity contribution < 1.29 is 14.3 Å². The van der Waals surface area contributed by atoms with E-state index in [4.69, 9.17) is 4.74 Å². The number of carbonyl (C=O) groups is 2. The maximum Gasteiger partial charge on any atom is 0.257 e. The second-order valence-electron chi connectivity index (χ2n) is 5.85. The van der Waals surface area contributed by atoms with E-state index >= 15 is 0 Å². The number of ether oxygens (including phenoxy) is 1. The molecular weight excluding hydrogens is 326 g/mol. The molecule has 2 aromatic rings. The van der Waals surface area contributed by atoms with Crippen LogP contribution in [0.25, 0.3) is 0 Å². The average molecular weight is 347 g/mol. The second kappa shape index (κ2) is 7.27. The summed E-state index contributed by atoms with van der Waals surface area (Å²) in [6.07, 6.45) is 2.74. The molecule has 2 aromatic heterocycles. The molecule has 0 aromatic carbocycles. The number of thiophene rings is 1. The Morgan fingerprint density at radius 1 is 1.46 bits per heavy atom. The van der Waals surface area contributed by atoms with Crippen molar-refractivity contribution in [3.05, 3.63) is 39.8 Å². The molecule has 0 aliphatic carbocycles. The molecule has 1 atom stereocenters. The highest BCUT2D eigenvalue weighted by Gasteiger charge is 2.31. The van der Waals surface area contributed by atoms with Crippen molar-refractivity contribution >= 4 is 23.0 Å². The minimum Gasteiger partial charge on any atom is -0.377 e. The Kier molecular flexibility index (Phi) is 5.11. The van der Waals surface area contributed by atoms with Crippen LogP contribution in [0.2, 0.25) is 0 Å². The molecule has 7 heteroatoms. The number of rotatable bonds is 5. The number of Topliss-reactive ketones (excluding diaryl/α,β-unsaturated/α-hetero) is 1. The summed E-state index contributed by atoms with van der Waals surface area (Å²) in [5, 5.41) is 6.23. The third-order valence-corrected chi connectivity index (χ3v) is 5.09. The molecule has 0 bridgehead atoms. The van der Waals surface area contributed by atoms with Gasteiger partial charge in [-0.1, -0.05) is 13.0 Å². The van der Waals surface area contributed by atoms with Crippen LogP contribution in [0.5, 0.6) is 0 Å². The molecule has 3 heterocycles. The highest BCUT2D eigenvalue weighted by atomic mass is 32.1. The van der Waals surface area contributed by atoms with Gasteiger partial charge >= 0.3 is 0 Å². The van der Waals surface area contributed by atoms with E-state index in [1.54, 1.807) is 15.8 Å². The number of nitrogens with zero attached hydrogens (tertiary/aromatic N) is 3. The topological polar surface area (TPSA) is 64.4 Å². The van der Waals surface area contributed by atoms with Crippen LogP contribution in [0.4, 0.5) is 0 Å². The Bertz CT molecular complexity index is 724. The minimum absolute atomic E-state index is 0.0557. The first-order valence-electron chi connectivity index (χ1n) is 8.08. The lowest BCUT2D eigenvalue weighted by Gasteiger charge is -2.35. The van der Waals surface area contributed by atoms with Crippen molar-refractivity contribution in [2.45, 2.75) is 25.8 Å². The van der Waals surface area contributed by atoms with Crippen molar-refractivity contribution in [2.24, 2.45) is 7.05 Å². The number of aromatic nitrogens is 2. The lowest BCUT2D eigenvalue weighted by Crippen LogP contribution is -2.49. The molecular formula is C17H21N3O3S. The van der Waals surface area contributed by atoms with Gasteiger partial charge in [-0.05, 0) is 17.9 Å². The van der Waals surface area contributed by atoms with Gasteiger partial charge in [0.05, 0.1) is 35.4 Å². The van der Waals surface area contributed by atoms with Crippen LogP contribution >= 0.6 is 11.3 Å². The second-order valence-corrected chi connectivity index (χ2v) is 6.80. The molecule has 0 N–H and O–H groups in total. The van der Waals surface area contributed by atoms with Gasteiger partial charge in [0.2, 0.25) is 0 Å². The Hall–Kier alpha value is -1.99. The zero-order chi connectivity index (χ0) is 17.1. The maximum atomic E-state index is 13.0. The number of morpholine rings is 1. The van der Waals surface area contributed by atoms with Crippen LogP contribution < -0.4 is 0 Å². The van der Waals surface area contributed by atoms with E-state index in [0.29, 0.717) is 31.7 Å². The van der Waals surface area contributed by atoms with Crippen molar-refractivity contribution in [1.82, 2.24) is 14.7 Å². The zero-order valence-corrected chi connectivity index (χ0v) is 14.7.